The van der Waals surface area contributed by atoms with E-state index in [2.05, 4.69) is 10.5 Å². The molecule has 1 rings (SSSR count). The second-order valence-electron chi connectivity index (χ2n) is 4.47. The summed E-state index contributed by atoms with van der Waals surface area (Å²) in [5, 5.41) is 13.9. The summed E-state index contributed by atoms with van der Waals surface area (Å²) in [6.45, 7) is 1.69. The molecule has 0 aliphatic rings. The van der Waals surface area contributed by atoms with Gasteiger partial charge in [-0.05, 0) is 25.1 Å². The molecule has 0 aliphatic heterocycles. The van der Waals surface area contributed by atoms with E-state index < -0.39 is 15.7 Å². The van der Waals surface area contributed by atoms with Crippen LogP contribution in [0.5, 0.6) is 0 Å². The Bertz CT molecular complexity index is 625. The first kappa shape index (κ1) is 16.0. The lowest BCUT2D eigenvalue weighted by molar-refractivity contribution is 0.0941. The smallest absolute Gasteiger partial charge is 0.251 e. The third-order valence-corrected chi connectivity index (χ3v) is 3.66. The van der Waals surface area contributed by atoms with Gasteiger partial charge >= 0.3 is 0 Å². The van der Waals surface area contributed by atoms with Crippen LogP contribution in [0.3, 0.4) is 0 Å². The predicted octanol–water partition coefficient (Wildman–Crippen LogP) is 0.345. The molecular formula is C12H17N3O4S. The molecule has 4 N–H and O–H groups in total. The van der Waals surface area contributed by atoms with Crippen molar-refractivity contribution in [3.8, 4) is 0 Å². The lowest BCUT2D eigenvalue weighted by Crippen LogP contribution is -2.35. The molecule has 0 aromatic heterocycles. The van der Waals surface area contributed by atoms with Crippen LogP contribution in [0.1, 0.15) is 23.7 Å². The molecule has 0 fully saturated rings. The Labute approximate surface area is 117 Å². The number of rotatable bonds is 5. The van der Waals surface area contributed by atoms with Crippen LogP contribution in [0.2, 0.25) is 0 Å². The molecule has 0 spiro atoms. The predicted molar refractivity (Wildman–Crippen MR) is 74.5 cm³/mol. The van der Waals surface area contributed by atoms with Crippen molar-refractivity contribution in [2.75, 3.05) is 6.26 Å². The summed E-state index contributed by atoms with van der Waals surface area (Å²) in [6.07, 6.45) is 1.26. The number of benzene rings is 1. The molecule has 0 saturated carbocycles. The number of nitrogens with zero attached hydrogens (tertiary/aromatic N) is 1. The van der Waals surface area contributed by atoms with E-state index in [1.54, 1.807) is 6.92 Å². The van der Waals surface area contributed by atoms with Crippen LogP contribution in [0, 0.1) is 0 Å². The van der Waals surface area contributed by atoms with E-state index in [1.807, 2.05) is 0 Å². The number of nitrogens with one attached hydrogen (secondary N) is 1. The summed E-state index contributed by atoms with van der Waals surface area (Å²) in [6, 6.07) is 5.40. The van der Waals surface area contributed by atoms with Crippen LogP contribution < -0.4 is 11.1 Å². The number of sulfone groups is 1. The van der Waals surface area contributed by atoms with Crippen molar-refractivity contribution < 1.29 is 18.4 Å². The van der Waals surface area contributed by atoms with E-state index in [-0.39, 0.29) is 28.8 Å². The van der Waals surface area contributed by atoms with Crippen LogP contribution in [-0.2, 0) is 9.84 Å². The van der Waals surface area contributed by atoms with Gasteiger partial charge in [-0.15, -0.1) is 0 Å². The number of carbonyl (C=O) groups excluding carboxylic acids is 1. The maximum absolute atomic E-state index is 12.0. The van der Waals surface area contributed by atoms with Crippen molar-refractivity contribution >= 4 is 21.6 Å². The number of amidine groups is 1. The third-order valence-electron chi connectivity index (χ3n) is 2.55. The van der Waals surface area contributed by atoms with Gasteiger partial charge in [0.1, 0.15) is 5.84 Å². The quantitative estimate of drug-likeness (QED) is 0.313. The molecule has 1 aromatic rings. The van der Waals surface area contributed by atoms with E-state index in [0.717, 1.165) is 6.26 Å². The zero-order valence-electron chi connectivity index (χ0n) is 11.2. The van der Waals surface area contributed by atoms with Gasteiger partial charge < -0.3 is 16.3 Å². The van der Waals surface area contributed by atoms with Crippen LogP contribution >= 0.6 is 0 Å². The SMILES string of the molecule is CC(CC(N)=NO)NC(=O)c1cccc(S(C)(=O)=O)c1. The van der Waals surface area contributed by atoms with Gasteiger partial charge in [0.25, 0.3) is 5.91 Å². The van der Waals surface area contributed by atoms with Crippen LogP contribution in [0.15, 0.2) is 34.3 Å². The Morgan fingerprint density at radius 2 is 2.15 bits per heavy atom. The largest absolute Gasteiger partial charge is 0.409 e. The molecule has 0 aliphatic carbocycles. The van der Waals surface area contributed by atoms with E-state index in [1.165, 1.54) is 24.3 Å². The zero-order valence-corrected chi connectivity index (χ0v) is 12.0. The first-order chi connectivity index (χ1) is 9.24. The molecule has 1 aromatic carbocycles. The Morgan fingerprint density at radius 1 is 1.50 bits per heavy atom. The van der Waals surface area contributed by atoms with E-state index in [9.17, 15) is 13.2 Å². The summed E-state index contributed by atoms with van der Waals surface area (Å²) in [5.74, 6) is -0.420. The minimum atomic E-state index is -3.36. The fraction of sp³-hybridized carbons (Fsp3) is 0.333. The summed E-state index contributed by atoms with van der Waals surface area (Å²) < 4.78 is 22.8. The fourth-order valence-electron chi connectivity index (χ4n) is 1.58. The summed E-state index contributed by atoms with van der Waals surface area (Å²) >= 11 is 0. The topological polar surface area (TPSA) is 122 Å². The van der Waals surface area contributed by atoms with Crippen LogP contribution in [-0.4, -0.2) is 37.7 Å². The molecular weight excluding hydrogens is 282 g/mol. The highest BCUT2D eigenvalue weighted by molar-refractivity contribution is 7.90. The Hall–Kier alpha value is -2.09. The van der Waals surface area contributed by atoms with Crippen molar-refractivity contribution in [3.05, 3.63) is 29.8 Å². The van der Waals surface area contributed by atoms with E-state index >= 15 is 0 Å². The molecule has 1 unspecified atom stereocenters. The van der Waals surface area contributed by atoms with Crippen LogP contribution in [0.4, 0.5) is 0 Å². The first-order valence-electron chi connectivity index (χ1n) is 5.81. The molecule has 0 radical (unpaired) electrons. The van der Waals surface area contributed by atoms with Crippen molar-refractivity contribution in [2.45, 2.75) is 24.3 Å². The highest BCUT2D eigenvalue weighted by atomic mass is 32.2. The van der Waals surface area contributed by atoms with Gasteiger partial charge in [-0.2, -0.15) is 0 Å². The molecule has 0 bridgehead atoms. The fourth-order valence-corrected chi connectivity index (χ4v) is 2.25. The maximum Gasteiger partial charge on any atom is 0.251 e. The van der Waals surface area contributed by atoms with Crippen molar-refractivity contribution in [2.24, 2.45) is 10.9 Å². The van der Waals surface area contributed by atoms with E-state index in [0.29, 0.717) is 0 Å². The van der Waals surface area contributed by atoms with Gasteiger partial charge in [0.15, 0.2) is 9.84 Å². The van der Waals surface area contributed by atoms with Crippen LogP contribution in [0.25, 0.3) is 0 Å². The highest BCUT2D eigenvalue weighted by Crippen LogP contribution is 2.11. The van der Waals surface area contributed by atoms with Gasteiger partial charge in [0.2, 0.25) is 0 Å². The number of nitrogens with two attached hydrogens (primary N) is 1. The van der Waals surface area contributed by atoms with Gasteiger partial charge in [0, 0.05) is 24.3 Å². The van der Waals surface area contributed by atoms with Crippen molar-refractivity contribution in [1.29, 1.82) is 0 Å². The summed E-state index contributed by atoms with van der Waals surface area (Å²) in [5.41, 5.74) is 5.57. The van der Waals surface area contributed by atoms with Gasteiger partial charge in [-0.3, -0.25) is 4.79 Å². The molecule has 1 amide bonds. The minimum absolute atomic E-state index is 0.00249. The Kier molecular flexibility index (Phi) is 5.09. The van der Waals surface area contributed by atoms with Crippen molar-refractivity contribution in [1.82, 2.24) is 5.32 Å². The second-order valence-corrected chi connectivity index (χ2v) is 6.49. The first-order valence-corrected chi connectivity index (χ1v) is 7.70. The lowest BCUT2D eigenvalue weighted by Gasteiger charge is -2.13. The highest BCUT2D eigenvalue weighted by Gasteiger charge is 2.14. The molecule has 20 heavy (non-hydrogen) atoms. The van der Waals surface area contributed by atoms with Gasteiger partial charge in [-0.1, -0.05) is 11.2 Å². The summed E-state index contributed by atoms with van der Waals surface area (Å²) in [4.78, 5) is 12.0. The molecule has 110 valence electrons. The molecule has 0 saturated heterocycles. The Balaban J connectivity index is 2.83. The average Bonchev–Trinajstić information content (AvgIpc) is 2.37. The Morgan fingerprint density at radius 3 is 2.70 bits per heavy atom. The number of oxime groups is 1. The monoisotopic (exact) mass is 299 g/mol. The molecule has 1 atom stereocenters. The maximum atomic E-state index is 12.0. The summed E-state index contributed by atoms with van der Waals surface area (Å²) in [7, 11) is -3.36. The molecule has 7 nitrogen and oxygen atoms in total. The van der Waals surface area contributed by atoms with Gasteiger partial charge in [-0.25, -0.2) is 8.42 Å². The molecule has 8 heteroatoms. The number of hydrogen-bond donors (Lipinski definition) is 3. The van der Waals surface area contributed by atoms with Gasteiger partial charge in [0.05, 0.1) is 4.90 Å². The number of amides is 1. The normalized spacial score (nSPS) is 13.8. The third kappa shape index (κ3) is 4.54. The second kappa shape index (κ2) is 6.38. The van der Waals surface area contributed by atoms with E-state index in [4.69, 9.17) is 10.9 Å². The zero-order chi connectivity index (χ0) is 15.3. The lowest BCUT2D eigenvalue weighted by atomic mass is 10.1. The number of carbonyl (C=O) groups is 1. The minimum Gasteiger partial charge on any atom is -0.409 e. The van der Waals surface area contributed by atoms with Crippen molar-refractivity contribution in [3.63, 3.8) is 0 Å². The molecule has 0 heterocycles. The standard InChI is InChI=1S/C12H17N3O4S/c1-8(6-11(13)15-17)14-12(16)9-4-3-5-10(7-9)20(2,18)19/h3-5,7-8,17H,6H2,1-2H3,(H2,13,15)(H,14,16). The average molecular weight is 299 g/mol. The number of hydrogen-bond acceptors (Lipinski definition) is 5.